The first kappa shape index (κ1) is 21.6. The minimum atomic E-state index is -4.78. The number of aryl methyl sites for hydroxylation is 1. The number of carbonyl (C=O) groups excluding carboxylic acids is 1. The Morgan fingerprint density at radius 1 is 1.22 bits per heavy atom. The van der Waals surface area contributed by atoms with E-state index in [1.165, 1.54) is 18.3 Å². The van der Waals surface area contributed by atoms with Crippen molar-refractivity contribution in [2.75, 3.05) is 18.5 Å². The Bertz CT molecular complexity index is 1210. The first-order chi connectivity index (χ1) is 15.3. The SMILES string of the molecule is Cc1cccc(C2=NOCCO2)c1NC(=O)c1cc(C(F)(F)F)nn1-c1ncccc1Cl. The second-order valence-electron chi connectivity index (χ2n) is 6.66. The predicted molar refractivity (Wildman–Crippen MR) is 109 cm³/mol. The fourth-order valence-corrected chi connectivity index (χ4v) is 3.20. The molecule has 1 amide bonds. The van der Waals surface area contributed by atoms with Crippen molar-refractivity contribution in [1.29, 1.82) is 0 Å². The van der Waals surface area contributed by atoms with Gasteiger partial charge in [0.2, 0.25) is 0 Å². The molecule has 3 heterocycles. The van der Waals surface area contributed by atoms with Crippen LogP contribution < -0.4 is 5.32 Å². The van der Waals surface area contributed by atoms with E-state index >= 15 is 0 Å². The van der Waals surface area contributed by atoms with E-state index in [4.69, 9.17) is 21.2 Å². The number of aromatic nitrogens is 3. The van der Waals surface area contributed by atoms with Gasteiger partial charge in [-0.3, -0.25) is 4.79 Å². The summed E-state index contributed by atoms with van der Waals surface area (Å²) in [5.41, 5.74) is -0.324. The lowest BCUT2D eigenvalue weighted by atomic mass is 10.1. The van der Waals surface area contributed by atoms with Crippen molar-refractivity contribution in [3.8, 4) is 5.82 Å². The number of pyridine rings is 1. The summed E-state index contributed by atoms with van der Waals surface area (Å²) < 4.78 is 46.3. The molecule has 3 aromatic rings. The number of ether oxygens (including phenoxy) is 1. The number of hydrogen-bond acceptors (Lipinski definition) is 6. The minimum absolute atomic E-state index is 0.0251. The molecule has 32 heavy (non-hydrogen) atoms. The van der Waals surface area contributed by atoms with Gasteiger partial charge in [-0.25, -0.2) is 9.67 Å². The molecule has 0 spiro atoms. The van der Waals surface area contributed by atoms with Crippen molar-refractivity contribution >= 4 is 29.1 Å². The molecule has 2 aromatic heterocycles. The van der Waals surface area contributed by atoms with Crippen LogP contribution in [0, 0.1) is 6.92 Å². The average Bonchev–Trinajstić information content (AvgIpc) is 3.22. The number of nitrogens with zero attached hydrogens (tertiary/aromatic N) is 4. The van der Waals surface area contributed by atoms with Crippen LogP contribution in [0.1, 0.15) is 27.3 Å². The van der Waals surface area contributed by atoms with Crippen LogP contribution in [-0.4, -0.2) is 39.8 Å². The lowest BCUT2D eigenvalue weighted by molar-refractivity contribution is -0.141. The Morgan fingerprint density at radius 3 is 2.72 bits per heavy atom. The molecular weight excluding hydrogens is 451 g/mol. The fraction of sp³-hybridized carbons (Fsp3) is 0.200. The summed E-state index contributed by atoms with van der Waals surface area (Å²) in [4.78, 5) is 22.1. The van der Waals surface area contributed by atoms with Gasteiger partial charge in [0, 0.05) is 12.3 Å². The Kier molecular flexibility index (Phi) is 5.74. The van der Waals surface area contributed by atoms with Crippen LogP contribution in [0.3, 0.4) is 0 Å². The highest BCUT2D eigenvalue weighted by atomic mass is 35.5. The van der Waals surface area contributed by atoms with Crippen LogP contribution in [0.25, 0.3) is 5.82 Å². The average molecular weight is 466 g/mol. The van der Waals surface area contributed by atoms with Gasteiger partial charge >= 0.3 is 6.18 Å². The van der Waals surface area contributed by atoms with E-state index in [0.29, 0.717) is 22.9 Å². The van der Waals surface area contributed by atoms with Crippen LogP contribution in [0.5, 0.6) is 0 Å². The largest absolute Gasteiger partial charge is 0.471 e. The van der Waals surface area contributed by atoms with E-state index in [-0.39, 0.29) is 30.0 Å². The van der Waals surface area contributed by atoms with E-state index < -0.39 is 23.5 Å². The topological polar surface area (TPSA) is 90.6 Å². The Labute approximate surface area is 184 Å². The van der Waals surface area contributed by atoms with Gasteiger partial charge in [0.25, 0.3) is 11.8 Å². The molecule has 12 heteroatoms. The molecule has 0 bridgehead atoms. The van der Waals surface area contributed by atoms with Crippen LogP contribution in [0.15, 0.2) is 47.8 Å². The second-order valence-corrected chi connectivity index (χ2v) is 7.07. The Balaban J connectivity index is 1.78. The number of amides is 1. The highest BCUT2D eigenvalue weighted by Crippen LogP contribution is 2.31. The second kappa shape index (κ2) is 8.50. The zero-order valence-corrected chi connectivity index (χ0v) is 17.2. The summed E-state index contributed by atoms with van der Waals surface area (Å²) >= 11 is 6.09. The lowest BCUT2D eigenvalue weighted by Crippen LogP contribution is -2.22. The van der Waals surface area contributed by atoms with Crippen LogP contribution in [0.4, 0.5) is 18.9 Å². The van der Waals surface area contributed by atoms with Crippen molar-refractivity contribution < 1.29 is 27.5 Å². The number of halogens is 4. The van der Waals surface area contributed by atoms with Gasteiger partial charge < -0.3 is 14.9 Å². The summed E-state index contributed by atoms with van der Waals surface area (Å²) in [6.07, 6.45) is -3.45. The fourth-order valence-electron chi connectivity index (χ4n) is 3.00. The van der Waals surface area contributed by atoms with Gasteiger partial charge in [-0.2, -0.15) is 18.3 Å². The number of oxime groups is 1. The molecule has 0 atom stereocenters. The highest BCUT2D eigenvalue weighted by Gasteiger charge is 2.36. The molecular formula is C20H15ClF3N5O3. The van der Waals surface area contributed by atoms with Gasteiger partial charge in [-0.15, -0.1) is 0 Å². The number of alkyl halides is 3. The van der Waals surface area contributed by atoms with Gasteiger partial charge in [0.1, 0.15) is 12.3 Å². The van der Waals surface area contributed by atoms with E-state index in [9.17, 15) is 18.0 Å². The normalized spacial score (nSPS) is 13.7. The number of nitrogens with one attached hydrogen (secondary N) is 1. The number of benzene rings is 1. The quantitative estimate of drug-likeness (QED) is 0.623. The molecule has 0 aliphatic carbocycles. The van der Waals surface area contributed by atoms with Crippen molar-refractivity contribution in [1.82, 2.24) is 14.8 Å². The maximum Gasteiger partial charge on any atom is 0.435 e. The van der Waals surface area contributed by atoms with E-state index in [1.807, 2.05) is 0 Å². The standard InChI is InChI=1S/C20H15ClF3N5O3/c1-11-4-2-5-12(19-28-32-9-8-31-19)16(11)26-18(30)14-10-15(20(22,23)24)27-29(14)17-13(21)6-3-7-25-17/h2-7,10H,8-9H2,1H3,(H,26,30). The molecule has 0 fully saturated rings. The first-order valence-corrected chi connectivity index (χ1v) is 9.66. The van der Waals surface area contributed by atoms with Gasteiger partial charge in [0.15, 0.2) is 18.1 Å². The summed E-state index contributed by atoms with van der Waals surface area (Å²) in [5.74, 6) is -0.830. The van der Waals surface area contributed by atoms with Crippen molar-refractivity contribution in [2.45, 2.75) is 13.1 Å². The molecule has 4 rings (SSSR count). The maximum atomic E-state index is 13.4. The third kappa shape index (κ3) is 4.24. The Morgan fingerprint density at radius 2 is 2.03 bits per heavy atom. The summed E-state index contributed by atoms with van der Waals surface area (Å²) in [5, 5.41) is 10.0. The molecule has 0 saturated carbocycles. The number of para-hydroxylation sites is 1. The molecule has 1 aromatic carbocycles. The van der Waals surface area contributed by atoms with Gasteiger partial charge in [-0.1, -0.05) is 23.7 Å². The zero-order chi connectivity index (χ0) is 22.9. The van der Waals surface area contributed by atoms with Gasteiger partial charge in [-0.05, 0) is 35.8 Å². The molecule has 1 N–H and O–H groups in total. The van der Waals surface area contributed by atoms with Crippen LogP contribution in [0.2, 0.25) is 5.02 Å². The molecule has 0 unspecified atom stereocenters. The monoisotopic (exact) mass is 465 g/mol. The van der Waals surface area contributed by atoms with Crippen LogP contribution >= 0.6 is 11.6 Å². The summed E-state index contributed by atoms with van der Waals surface area (Å²) in [6, 6.07) is 8.66. The van der Waals surface area contributed by atoms with Crippen molar-refractivity contribution in [3.63, 3.8) is 0 Å². The third-order valence-corrected chi connectivity index (χ3v) is 4.77. The predicted octanol–water partition coefficient (Wildman–Crippen LogP) is 4.21. The Hall–Kier alpha value is -3.60. The number of anilines is 1. The maximum absolute atomic E-state index is 13.4. The zero-order valence-electron chi connectivity index (χ0n) is 16.5. The smallest absolute Gasteiger partial charge is 0.435 e. The molecule has 8 nitrogen and oxygen atoms in total. The molecule has 0 radical (unpaired) electrons. The highest BCUT2D eigenvalue weighted by molar-refractivity contribution is 6.32. The van der Waals surface area contributed by atoms with Gasteiger partial charge in [0.05, 0.1) is 16.3 Å². The van der Waals surface area contributed by atoms with E-state index in [1.54, 1.807) is 25.1 Å². The first-order valence-electron chi connectivity index (χ1n) is 9.28. The number of rotatable bonds is 4. The third-order valence-electron chi connectivity index (χ3n) is 4.47. The summed E-state index contributed by atoms with van der Waals surface area (Å²) in [6.45, 7) is 2.26. The summed E-state index contributed by atoms with van der Waals surface area (Å²) in [7, 11) is 0. The molecule has 0 saturated heterocycles. The van der Waals surface area contributed by atoms with Crippen molar-refractivity contribution in [3.05, 3.63) is 70.1 Å². The molecule has 1 aliphatic heterocycles. The minimum Gasteiger partial charge on any atom is -0.471 e. The lowest BCUT2D eigenvalue weighted by Gasteiger charge is -2.18. The molecule has 166 valence electrons. The van der Waals surface area contributed by atoms with E-state index in [0.717, 1.165) is 4.68 Å². The molecule has 1 aliphatic rings. The van der Waals surface area contributed by atoms with E-state index in [2.05, 4.69) is 20.6 Å². The number of hydrogen-bond donors (Lipinski definition) is 1. The van der Waals surface area contributed by atoms with Crippen molar-refractivity contribution in [2.24, 2.45) is 5.16 Å². The van der Waals surface area contributed by atoms with Crippen LogP contribution in [-0.2, 0) is 15.8 Å². The number of carbonyl (C=O) groups is 1.